The van der Waals surface area contributed by atoms with Crippen LogP contribution < -0.4 is 4.74 Å². The summed E-state index contributed by atoms with van der Waals surface area (Å²) < 4.78 is 4.69. The maximum atomic E-state index is 10.6. The van der Waals surface area contributed by atoms with Crippen molar-refractivity contribution in [1.82, 2.24) is 0 Å². The lowest BCUT2D eigenvalue weighted by Gasteiger charge is -2.03. The van der Waals surface area contributed by atoms with E-state index in [9.17, 15) is 9.59 Å². The Morgan fingerprint density at radius 3 is 2.27 bits per heavy atom. The molecule has 0 saturated carbocycles. The van der Waals surface area contributed by atoms with Gasteiger partial charge in [-0.05, 0) is 12.1 Å². The van der Waals surface area contributed by atoms with Crippen LogP contribution in [0.3, 0.4) is 0 Å². The van der Waals surface area contributed by atoms with Gasteiger partial charge < -0.3 is 9.84 Å². The van der Waals surface area contributed by atoms with Gasteiger partial charge in [0.2, 0.25) is 0 Å². The fourth-order valence-electron chi connectivity index (χ4n) is 0.887. The highest BCUT2D eigenvalue weighted by Crippen LogP contribution is 2.17. The summed E-state index contributed by atoms with van der Waals surface area (Å²) in [7, 11) is 0. The first-order valence-electron chi connectivity index (χ1n) is 4.12. The maximum absolute atomic E-state index is 10.6. The Morgan fingerprint density at radius 1 is 1.27 bits per heavy atom. The topological polar surface area (TPSA) is 63.6 Å². The van der Waals surface area contributed by atoms with E-state index in [0.717, 1.165) is 0 Å². The molecule has 4 heteroatoms. The predicted molar refractivity (Wildman–Crippen MR) is 56.0 cm³/mol. The Morgan fingerprint density at radius 2 is 1.80 bits per heavy atom. The average Bonchev–Trinajstić information content (AvgIpc) is 2.20. The lowest BCUT2D eigenvalue weighted by Crippen LogP contribution is -2.06. The van der Waals surface area contributed by atoms with Gasteiger partial charge in [-0.25, -0.2) is 4.79 Å². The second-order valence-electron chi connectivity index (χ2n) is 2.39. The first-order chi connectivity index (χ1) is 7.11. The minimum Gasteiger partial charge on any atom is -0.478 e. The number of hydrogen-bond donors (Lipinski definition) is 1. The van der Waals surface area contributed by atoms with E-state index in [0.29, 0.717) is 0 Å². The highest BCUT2D eigenvalue weighted by atomic mass is 16.5. The van der Waals surface area contributed by atoms with Crippen LogP contribution in [0.1, 0.15) is 17.3 Å². The molecule has 0 unspecified atom stereocenters. The zero-order chi connectivity index (χ0) is 11.8. The van der Waals surface area contributed by atoms with Gasteiger partial charge in [-0.2, -0.15) is 0 Å². The molecule has 0 bridgehead atoms. The molecule has 1 rings (SSSR count). The molecule has 0 aromatic heterocycles. The normalized spacial score (nSPS) is 8.33. The van der Waals surface area contributed by atoms with Crippen LogP contribution in [-0.4, -0.2) is 17.0 Å². The largest absolute Gasteiger partial charge is 0.478 e. The SMILES string of the molecule is C=C.CC(=O)Oc1ccccc1C(=O)O. The molecule has 1 aromatic carbocycles. The van der Waals surface area contributed by atoms with Crippen LogP contribution in [-0.2, 0) is 4.79 Å². The third kappa shape index (κ3) is 4.08. The lowest BCUT2D eigenvalue weighted by atomic mass is 10.2. The Bertz CT molecular complexity index is 357. The van der Waals surface area contributed by atoms with Gasteiger partial charge in [0, 0.05) is 6.92 Å². The van der Waals surface area contributed by atoms with E-state index in [1.54, 1.807) is 12.1 Å². The molecule has 0 radical (unpaired) electrons. The van der Waals surface area contributed by atoms with Gasteiger partial charge in [0.05, 0.1) is 0 Å². The number of benzene rings is 1. The predicted octanol–water partition coefficient (Wildman–Crippen LogP) is 2.11. The smallest absolute Gasteiger partial charge is 0.339 e. The molecule has 0 aliphatic carbocycles. The van der Waals surface area contributed by atoms with Crippen LogP contribution in [0.25, 0.3) is 0 Å². The summed E-state index contributed by atoms with van der Waals surface area (Å²) in [6.07, 6.45) is 0. The van der Waals surface area contributed by atoms with Crippen molar-refractivity contribution >= 4 is 11.9 Å². The fraction of sp³-hybridized carbons (Fsp3) is 0.0909. The summed E-state index contributed by atoms with van der Waals surface area (Å²) in [6.45, 7) is 7.22. The zero-order valence-corrected chi connectivity index (χ0v) is 8.40. The molecule has 1 aromatic rings. The Labute approximate surface area is 87.8 Å². The summed E-state index contributed by atoms with van der Waals surface area (Å²) in [4.78, 5) is 21.2. The number of carboxylic acids is 1. The molecule has 1 N–H and O–H groups in total. The molecule has 0 saturated heterocycles. The van der Waals surface area contributed by atoms with E-state index in [2.05, 4.69) is 17.9 Å². The number of carbonyl (C=O) groups excluding carboxylic acids is 1. The third-order valence-corrected chi connectivity index (χ3v) is 1.37. The number of ether oxygens (including phenoxy) is 1. The minimum atomic E-state index is -1.11. The fourth-order valence-corrected chi connectivity index (χ4v) is 0.887. The standard InChI is InChI=1S/C9H8O4.C2H4/c1-6(10)13-8-5-3-2-4-7(8)9(11)12;1-2/h2-5H,1H3,(H,11,12);1-2H2. The van der Waals surface area contributed by atoms with E-state index in [4.69, 9.17) is 5.11 Å². The first kappa shape index (κ1) is 12.9. The highest BCUT2D eigenvalue weighted by Gasteiger charge is 2.10. The van der Waals surface area contributed by atoms with Crippen molar-refractivity contribution in [2.75, 3.05) is 0 Å². The number of esters is 1. The van der Waals surface area contributed by atoms with E-state index < -0.39 is 11.9 Å². The molecule has 0 heterocycles. The maximum Gasteiger partial charge on any atom is 0.339 e. The molecule has 4 nitrogen and oxygen atoms in total. The van der Waals surface area contributed by atoms with Crippen LogP contribution >= 0.6 is 0 Å². The molecule has 0 atom stereocenters. The average molecular weight is 208 g/mol. The number of carbonyl (C=O) groups is 2. The summed E-state index contributed by atoms with van der Waals surface area (Å²) in [5, 5.41) is 8.69. The molecule has 0 fully saturated rings. The van der Waals surface area contributed by atoms with Gasteiger partial charge in [-0.15, -0.1) is 13.2 Å². The van der Waals surface area contributed by atoms with Crippen molar-refractivity contribution in [3.63, 3.8) is 0 Å². The second-order valence-corrected chi connectivity index (χ2v) is 2.39. The van der Waals surface area contributed by atoms with Crippen molar-refractivity contribution in [3.05, 3.63) is 43.0 Å². The van der Waals surface area contributed by atoms with E-state index in [1.165, 1.54) is 19.1 Å². The van der Waals surface area contributed by atoms with Crippen molar-refractivity contribution in [3.8, 4) is 5.75 Å². The molecular weight excluding hydrogens is 196 g/mol. The summed E-state index contributed by atoms with van der Waals surface area (Å²) >= 11 is 0. The van der Waals surface area contributed by atoms with Crippen LogP contribution in [0, 0.1) is 0 Å². The third-order valence-electron chi connectivity index (χ3n) is 1.37. The van der Waals surface area contributed by atoms with Crippen molar-refractivity contribution in [2.45, 2.75) is 6.92 Å². The van der Waals surface area contributed by atoms with Crippen molar-refractivity contribution in [1.29, 1.82) is 0 Å². The molecule has 80 valence electrons. The number of carboxylic acid groups (broad SMARTS) is 1. The van der Waals surface area contributed by atoms with Crippen molar-refractivity contribution < 1.29 is 19.4 Å². The van der Waals surface area contributed by atoms with Crippen molar-refractivity contribution in [2.24, 2.45) is 0 Å². The molecular formula is C11H12O4. The molecule has 15 heavy (non-hydrogen) atoms. The Hall–Kier alpha value is -2.10. The van der Waals surface area contributed by atoms with Crippen LogP contribution in [0.2, 0.25) is 0 Å². The van der Waals surface area contributed by atoms with Gasteiger partial charge in [0.1, 0.15) is 11.3 Å². The second kappa shape index (κ2) is 6.37. The van der Waals surface area contributed by atoms with Crippen LogP contribution in [0.5, 0.6) is 5.75 Å². The van der Waals surface area contributed by atoms with Crippen LogP contribution in [0.15, 0.2) is 37.4 Å². The number of aromatic carboxylic acids is 1. The van der Waals surface area contributed by atoms with Gasteiger partial charge in [0.15, 0.2) is 0 Å². The summed E-state index contributed by atoms with van der Waals surface area (Å²) in [5.74, 6) is -1.58. The lowest BCUT2D eigenvalue weighted by molar-refractivity contribution is -0.131. The first-order valence-corrected chi connectivity index (χ1v) is 4.12. The van der Waals surface area contributed by atoms with Gasteiger partial charge in [-0.3, -0.25) is 4.79 Å². The quantitative estimate of drug-likeness (QED) is 0.459. The van der Waals surface area contributed by atoms with Crippen LogP contribution in [0.4, 0.5) is 0 Å². The number of para-hydroxylation sites is 1. The van der Waals surface area contributed by atoms with E-state index >= 15 is 0 Å². The Kier molecular flexibility index (Phi) is 5.48. The molecule has 0 spiro atoms. The summed E-state index contributed by atoms with van der Waals surface area (Å²) in [5.41, 5.74) is -0.0160. The summed E-state index contributed by atoms with van der Waals surface area (Å²) in [6, 6.07) is 5.98. The molecule has 0 amide bonds. The van der Waals surface area contributed by atoms with Gasteiger partial charge in [0.25, 0.3) is 0 Å². The number of rotatable bonds is 2. The number of hydrogen-bond acceptors (Lipinski definition) is 3. The molecule has 0 aliphatic rings. The van der Waals surface area contributed by atoms with E-state index in [1.807, 2.05) is 0 Å². The zero-order valence-electron chi connectivity index (χ0n) is 8.40. The monoisotopic (exact) mass is 208 g/mol. The van der Waals surface area contributed by atoms with E-state index in [-0.39, 0.29) is 11.3 Å². The van der Waals surface area contributed by atoms with Gasteiger partial charge >= 0.3 is 11.9 Å². The van der Waals surface area contributed by atoms with Gasteiger partial charge in [-0.1, -0.05) is 12.1 Å². The highest BCUT2D eigenvalue weighted by molar-refractivity contribution is 5.91. The Balaban J connectivity index is 0.000000921. The molecule has 0 aliphatic heterocycles. The minimum absolute atomic E-state index is 0.0160.